The van der Waals surface area contributed by atoms with E-state index in [9.17, 15) is 9.59 Å². The van der Waals surface area contributed by atoms with Gasteiger partial charge in [-0.05, 0) is 6.42 Å². The highest BCUT2D eigenvalue weighted by Gasteiger charge is 2.00. The molecule has 0 aromatic heterocycles. The molecular weight excluding hydrogens is 148 g/mol. The third kappa shape index (κ3) is 6.83. The van der Waals surface area contributed by atoms with Crippen molar-refractivity contribution in [2.24, 2.45) is 0 Å². The molecule has 0 saturated carbocycles. The average Bonchev–Trinajstić information content (AvgIpc) is 1.87. The fraction of sp³-hybridized carbons (Fsp3) is 0.714. The Morgan fingerprint density at radius 1 is 1.27 bits per heavy atom. The summed E-state index contributed by atoms with van der Waals surface area (Å²) in [7, 11) is 0. The molecule has 0 aliphatic heterocycles. The van der Waals surface area contributed by atoms with Crippen LogP contribution < -0.4 is 0 Å². The van der Waals surface area contributed by atoms with E-state index >= 15 is 0 Å². The first-order valence-corrected chi connectivity index (χ1v) is 3.45. The predicted molar refractivity (Wildman–Crippen MR) is 37.6 cm³/mol. The van der Waals surface area contributed by atoms with Gasteiger partial charge in [-0.25, -0.2) is 0 Å². The van der Waals surface area contributed by atoms with Crippen molar-refractivity contribution >= 4 is 11.9 Å². The van der Waals surface area contributed by atoms with E-state index in [4.69, 9.17) is 0 Å². The zero-order chi connectivity index (χ0) is 8.69. The van der Waals surface area contributed by atoms with E-state index < -0.39 is 5.97 Å². The Hall–Kier alpha value is -1.06. The van der Waals surface area contributed by atoms with Crippen LogP contribution in [0.2, 0.25) is 0 Å². The summed E-state index contributed by atoms with van der Waals surface area (Å²) in [6.45, 7) is 2.86. The van der Waals surface area contributed by atoms with Crippen molar-refractivity contribution in [3.8, 4) is 0 Å². The molecular formula is C7H12O4. The molecule has 0 aliphatic carbocycles. The fourth-order valence-corrected chi connectivity index (χ4v) is 0.454. The van der Waals surface area contributed by atoms with Gasteiger partial charge in [0.2, 0.25) is 6.79 Å². The maximum Gasteiger partial charge on any atom is 0.308 e. The van der Waals surface area contributed by atoms with Crippen molar-refractivity contribution in [2.45, 2.75) is 26.7 Å². The topological polar surface area (TPSA) is 52.6 Å². The van der Waals surface area contributed by atoms with Gasteiger partial charge >= 0.3 is 11.9 Å². The van der Waals surface area contributed by atoms with Crippen LogP contribution in [0.1, 0.15) is 26.7 Å². The van der Waals surface area contributed by atoms with Crippen LogP contribution in [0.15, 0.2) is 0 Å². The normalized spacial score (nSPS) is 8.91. The first-order valence-electron chi connectivity index (χ1n) is 3.45. The summed E-state index contributed by atoms with van der Waals surface area (Å²) in [5, 5.41) is 0. The van der Waals surface area contributed by atoms with Crippen molar-refractivity contribution in [1.82, 2.24) is 0 Å². The van der Waals surface area contributed by atoms with E-state index in [2.05, 4.69) is 9.47 Å². The van der Waals surface area contributed by atoms with Crippen LogP contribution in [0, 0.1) is 0 Å². The van der Waals surface area contributed by atoms with Crippen LogP contribution in [0.3, 0.4) is 0 Å². The SMILES string of the molecule is CCCC(=O)OCOC(C)=O. The number of ether oxygens (including phenoxy) is 2. The number of carbonyl (C=O) groups excluding carboxylic acids is 2. The zero-order valence-electron chi connectivity index (χ0n) is 6.75. The summed E-state index contributed by atoms with van der Waals surface area (Å²) in [5.41, 5.74) is 0. The molecule has 0 atom stereocenters. The second-order valence-electron chi connectivity index (χ2n) is 2.02. The number of hydrogen-bond donors (Lipinski definition) is 0. The smallest absolute Gasteiger partial charge is 0.308 e. The third-order valence-corrected chi connectivity index (χ3v) is 0.936. The first-order chi connectivity index (χ1) is 5.16. The van der Waals surface area contributed by atoms with E-state index in [1.165, 1.54) is 6.92 Å². The van der Waals surface area contributed by atoms with Crippen molar-refractivity contribution in [1.29, 1.82) is 0 Å². The Balaban J connectivity index is 3.24. The second kappa shape index (κ2) is 5.70. The van der Waals surface area contributed by atoms with Gasteiger partial charge in [-0.15, -0.1) is 0 Å². The third-order valence-electron chi connectivity index (χ3n) is 0.936. The molecule has 0 aliphatic rings. The van der Waals surface area contributed by atoms with Gasteiger partial charge in [-0.1, -0.05) is 6.92 Å². The van der Waals surface area contributed by atoms with E-state index in [0.29, 0.717) is 6.42 Å². The molecule has 0 spiro atoms. The van der Waals surface area contributed by atoms with Crippen molar-refractivity contribution in [3.63, 3.8) is 0 Å². The second-order valence-corrected chi connectivity index (χ2v) is 2.02. The number of carbonyl (C=O) groups is 2. The van der Waals surface area contributed by atoms with Gasteiger partial charge in [0.1, 0.15) is 0 Å². The fourth-order valence-electron chi connectivity index (χ4n) is 0.454. The lowest BCUT2D eigenvalue weighted by Crippen LogP contribution is -2.09. The molecule has 4 heteroatoms. The molecule has 0 bridgehead atoms. The Morgan fingerprint density at radius 3 is 2.36 bits per heavy atom. The maximum atomic E-state index is 10.6. The Bertz CT molecular complexity index is 141. The van der Waals surface area contributed by atoms with Gasteiger partial charge in [0.25, 0.3) is 0 Å². The van der Waals surface area contributed by atoms with Crippen LogP contribution >= 0.6 is 0 Å². The monoisotopic (exact) mass is 160 g/mol. The van der Waals surface area contributed by atoms with Crippen molar-refractivity contribution in [3.05, 3.63) is 0 Å². The molecule has 0 aromatic rings. The summed E-state index contributed by atoms with van der Waals surface area (Å²) >= 11 is 0. The number of esters is 2. The highest BCUT2D eigenvalue weighted by atomic mass is 16.7. The summed E-state index contributed by atoms with van der Waals surface area (Å²) in [6.07, 6.45) is 1.10. The molecule has 64 valence electrons. The lowest BCUT2D eigenvalue weighted by Gasteiger charge is -2.02. The lowest BCUT2D eigenvalue weighted by atomic mass is 10.3. The van der Waals surface area contributed by atoms with Crippen LogP contribution in [-0.2, 0) is 19.1 Å². The highest BCUT2D eigenvalue weighted by Crippen LogP contribution is 1.91. The Kier molecular flexibility index (Phi) is 5.15. The van der Waals surface area contributed by atoms with Gasteiger partial charge < -0.3 is 9.47 Å². The standard InChI is InChI=1S/C7H12O4/c1-3-4-7(9)11-5-10-6(2)8/h3-5H2,1-2H3. The zero-order valence-corrected chi connectivity index (χ0v) is 6.75. The van der Waals surface area contributed by atoms with Crippen molar-refractivity contribution < 1.29 is 19.1 Å². The quantitative estimate of drug-likeness (QED) is 0.452. The minimum atomic E-state index is -0.450. The van der Waals surface area contributed by atoms with Crippen LogP contribution in [0.5, 0.6) is 0 Å². The number of rotatable bonds is 4. The summed E-state index contributed by atoms with van der Waals surface area (Å²) in [4.78, 5) is 20.8. The molecule has 0 rings (SSSR count). The van der Waals surface area contributed by atoms with E-state index in [1.54, 1.807) is 0 Å². The lowest BCUT2D eigenvalue weighted by molar-refractivity contribution is -0.165. The van der Waals surface area contributed by atoms with E-state index in [0.717, 1.165) is 6.42 Å². The van der Waals surface area contributed by atoms with Gasteiger partial charge in [-0.3, -0.25) is 9.59 Å². The molecule has 11 heavy (non-hydrogen) atoms. The molecule has 0 fully saturated rings. The maximum absolute atomic E-state index is 10.6. The summed E-state index contributed by atoms with van der Waals surface area (Å²) < 4.78 is 8.89. The molecule has 0 heterocycles. The van der Waals surface area contributed by atoms with Gasteiger partial charge in [0.05, 0.1) is 0 Å². The predicted octanol–water partition coefficient (Wildman–Crippen LogP) is 0.850. The Morgan fingerprint density at radius 2 is 1.91 bits per heavy atom. The number of hydrogen-bond acceptors (Lipinski definition) is 4. The van der Waals surface area contributed by atoms with Crippen LogP contribution in [0.25, 0.3) is 0 Å². The first kappa shape index (κ1) is 9.94. The van der Waals surface area contributed by atoms with Crippen molar-refractivity contribution in [2.75, 3.05) is 6.79 Å². The molecule has 0 amide bonds. The summed E-state index contributed by atoms with van der Waals surface area (Å²) in [5.74, 6) is -0.789. The van der Waals surface area contributed by atoms with Gasteiger partial charge in [0.15, 0.2) is 0 Å². The Labute approximate surface area is 65.5 Å². The van der Waals surface area contributed by atoms with Crippen LogP contribution in [-0.4, -0.2) is 18.7 Å². The largest absolute Gasteiger partial charge is 0.428 e. The molecule has 0 unspecified atom stereocenters. The van der Waals surface area contributed by atoms with Gasteiger partial charge in [-0.2, -0.15) is 0 Å². The molecule has 0 N–H and O–H groups in total. The highest BCUT2D eigenvalue weighted by molar-refractivity contribution is 5.69. The van der Waals surface area contributed by atoms with Crippen LogP contribution in [0.4, 0.5) is 0 Å². The van der Waals surface area contributed by atoms with E-state index in [1.807, 2.05) is 6.92 Å². The molecule has 4 nitrogen and oxygen atoms in total. The minimum absolute atomic E-state index is 0.270. The molecule has 0 radical (unpaired) electrons. The molecule has 0 aromatic carbocycles. The van der Waals surface area contributed by atoms with Gasteiger partial charge in [0, 0.05) is 13.3 Å². The average molecular weight is 160 g/mol. The minimum Gasteiger partial charge on any atom is -0.428 e. The summed E-state index contributed by atoms with van der Waals surface area (Å²) in [6, 6.07) is 0. The van der Waals surface area contributed by atoms with E-state index in [-0.39, 0.29) is 12.8 Å². The molecule has 0 saturated heterocycles.